The van der Waals surface area contributed by atoms with Crippen LogP contribution in [-0.2, 0) is 4.79 Å². The standard InChI is InChI=1S/C26H26FN7O3S/c1-2-28-25(37)32-26-31-23-22(27)17(13-18(24(23)38-26)19-5-3-4-8-29-19)16-6-7-20(30-14-16)34-11-9-33(10-12-34)15-21(35)36/h3-8,13-14H,2,9-12,15H2,1H3,(H,35,36)(H2,28,31,32,37). The molecule has 1 aliphatic rings. The molecule has 10 nitrogen and oxygen atoms in total. The fourth-order valence-corrected chi connectivity index (χ4v) is 5.37. The summed E-state index contributed by atoms with van der Waals surface area (Å²) in [6, 6.07) is 10.5. The van der Waals surface area contributed by atoms with Crippen LogP contribution >= 0.6 is 11.3 Å². The van der Waals surface area contributed by atoms with E-state index in [1.165, 1.54) is 11.3 Å². The molecule has 0 spiro atoms. The number of benzene rings is 1. The van der Waals surface area contributed by atoms with Crippen LogP contribution < -0.4 is 15.5 Å². The molecule has 3 aromatic heterocycles. The Kier molecular flexibility index (Phi) is 7.43. The smallest absolute Gasteiger partial charge is 0.321 e. The van der Waals surface area contributed by atoms with Crippen LogP contribution in [0, 0.1) is 5.82 Å². The number of aliphatic carboxylic acids is 1. The van der Waals surface area contributed by atoms with E-state index in [2.05, 4.69) is 30.5 Å². The highest BCUT2D eigenvalue weighted by Crippen LogP contribution is 2.40. The van der Waals surface area contributed by atoms with Crippen LogP contribution in [0.3, 0.4) is 0 Å². The minimum Gasteiger partial charge on any atom is -0.480 e. The number of carboxylic acid groups (broad SMARTS) is 1. The highest BCUT2D eigenvalue weighted by atomic mass is 32.1. The first kappa shape index (κ1) is 25.5. The van der Waals surface area contributed by atoms with Gasteiger partial charge in [-0.3, -0.25) is 20.0 Å². The Morgan fingerprint density at radius 2 is 1.92 bits per heavy atom. The van der Waals surface area contributed by atoms with Crippen LogP contribution in [0.1, 0.15) is 6.92 Å². The van der Waals surface area contributed by atoms with E-state index in [-0.39, 0.29) is 17.2 Å². The predicted octanol–water partition coefficient (Wildman–Crippen LogP) is 3.91. The molecular weight excluding hydrogens is 509 g/mol. The maximum atomic E-state index is 15.9. The van der Waals surface area contributed by atoms with E-state index in [1.54, 1.807) is 18.5 Å². The van der Waals surface area contributed by atoms with Gasteiger partial charge in [0.2, 0.25) is 0 Å². The Morgan fingerprint density at radius 3 is 2.58 bits per heavy atom. The number of carbonyl (C=O) groups excluding carboxylic acids is 1. The summed E-state index contributed by atoms with van der Waals surface area (Å²) in [5, 5.41) is 14.6. The largest absolute Gasteiger partial charge is 0.480 e. The van der Waals surface area contributed by atoms with Crippen molar-refractivity contribution < 1.29 is 19.1 Å². The summed E-state index contributed by atoms with van der Waals surface area (Å²) >= 11 is 1.19. The number of rotatable bonds is 7. The summed E-state index contributed by atoms with van der Waals surface area (Å²) in [6.45, 7) is 4.86. The molecule has 4 heterocycles. The van der Waals surface area contributed by atoms with Crippen LogP contribution in [0.4, 0.5) is 20.1 Å². The lowest BCUT2D eigenvalue weighted by molar-refractivity contribution is -0.138. The number of halogens is 1. The number of amides is 2. The molecule has 0 atom stereocenters. The lowest BCUT2D eigenvalue weighted by Crippen LogP contribution is -2.48. The molecule has 1 fully saturated rings. The van der Waals surface area contributed by atoms with Crippen molar-refractivity contribution >= 4 is 44.5 Å². The molecule has 4 aromatic rings. The molecule has 0 aliphatic carbocycles. The second kappa shape index (κ2) is 11.1. The summed E-state index contributed by atoms with van der Waals surface area (Å²) in [6.07, 6.45) is 3.30. The summed E-state index contributed by atoms with van der Waals surface area (Å²) in [5.74, 6) is -0.591. The molecule has 3 N–H and O–H groups in total. The lowest BCUT2D eigenvalue weighted by atomic mass is 10.0. The average molecular weight is 536 g/mol. The molecule has 12 heteroatoms. The van der Waals surface area contributed by atoms with Crippen molar-refractivity contribution in [1.82, 2.24) is 25.2 Å². The van der Waals surface area contributed by atoms with Crippen molar-refractivity contribution in [3.05, 3.63) is 54.6 Å². The van der Waals surface area contributed by atoms with Crippen LogP contribution in [0.15, 0.2) is 48.8 Å². The molecule has 1 aliphatic heterocycles. The first-order valence-electron chi connectivity index (χ1n) is 12.2. The summed E-state index contributed by atoms with van der Waals surface area (Å²) in [5.41, 5.74) is 2.44. The number of hydrogen-bond donors (Lipinski definition) is 3. The van der Waals surface area contributed by atoms with E-state index in [4.69, 9.17) is 5.11 Å². The number of nitrogens with zero attached hydrogens (tertiary/aromatic N) is 5. The molecule has 0 saturated carbocycles. The zero-order valence-corrected chi connectivity index (χ0v) is 21.5. The van der Waals surface area contributed by atoms with E-state index in [0.717, 1.165) is 5.82 Å². The maximum absolute atomic E-state index is 15.9. The quantitative estimate of drug-likeness (QED) is 0.326. The van der Waals surface area contributed by atoms with Crippen LogP contribution in [0.2, 0.25) is 0 Å². The van der Waals surface area contributed by atoms with Crippen LogP contribution in [0.5, 0.6) is 0 Å². The second-order valence-corrected chi connectivity index (χ2v) is 9.74. The predicted molar refractivity (Wildman–Crippen MR) is 145 cm³/mol. The van der Waals surface area contributed by atoms with Gasteiger partial charge in [0.05, 0.1) is 16.9 Å². The topological polar surface area (TPSA) is 124 Å². The molecule has 5 rings (SSSR count). The Bertz CT molecular complexity index is 1460. The third-order valence-corrected chi connectivity index (χ3v) is 7.22. The Balaban J connectivity index is 1.47. The van der Waals surface area contributed by atoms with E-state index >= 15 is 4.39 Å². The molecule has 0 unspecified atom stereocenters. The van der Waals surface area contributed by atoms with E-state index in [1.807, 2.05) is 42.2 Å². The van der Waals surface area contributed by atoms with Gasteiger partial charge in [-0.1, -0.05) is 17.4 Å². The fraction of sp³-hybridized carbons (Fsp3) is 0.269. The maximum Gasteiger partial charge on any atom is 0.321 e. The van der Waals surface area contributed by atoms with Gasteiger partial charge in [-0.15, -0.1) is 0 Å². The third-order valence-electron chi connectivity index (χ3n) is 6.22. The Hall–Kier alpha value is -4.16. The number of urea groups is 1. The number of nitrogens with one attached hydrogen (secondary N) is 2. The Morgan fingerprint density at radius 1 is 1.11 bits per heavy atom. The summed E-state index contributed by atoms with van der Waals surface area (Å²) in [7, 11) is 0. The number of anilines is 2. The summed E-state index contributed by atoms with van der Waals surface area (Å²) in [4.78, 5) is 40.4. The zero-order chi connectivity index (χ0) is 26.6. The van der Waals surface area contributed by atoms with Gasteiger partial charge < -0.3 is 15.3 Å². The van der Waals surface area contributed by atoms with Crippen molar-refractivity contribution in [1.29, 1.82) is 0 Å². The monoisotopic (exact) mass is 535 g/mol. The van der Waals surface area contributed by atoms with Gasteiger partial charge >= 0.3 is 12.0 Å². The number of aromatic nitrogens is 3. The van der Waals surface area contributed by atoms with E-state index < -0.39 is 17.8 Å². The fourth-order valence-electron chi connectivity index (χ4n) is 4.39. The molecule has 196 valence electrons. The number of fused-ring (bicyclic) bond motifs is 1. The average Bonchev–Trinajstić information content (AvgIpc) is 3.34. The first-order chi connectivity index (χ1) is 18.4. The molecule has 0 radical (unpaired) electrons. The van der Waals surface area contributed by atoms with E-state index in [0.29, 0.717) is 59.8 Å². The molecule has 0 bridgehead atoms. The van der Waals surface area contributed by atoms with Crippen molar-refractivity contribution in [2.75, 3.05) is 49.5 Å². The molecule has 1 aromatic carbocycles. The second-order valence-electron chi connectivity index (χ2n) is 8.74. The number of hydrogen-bond acceptors (Lipinski definition) is 8. The number of thiazole rings is 1. The van der Waals surface area contributed by atoms with Gasteiger partial charge in [0.1, 0.15) is 11.3 Å². The number of pyridine rings is 2. The Labute approximate surface area is 222 Å². The van der Waals surface area contributed by atoms with Gasteiger partial charge in [-0.05, 0) is 37.3 Å². The van der Waals surface area contributed by atoms with Crippen molar-refractivity contribution in [2.24, 2.45) is 0 Å². The molecule has 2 amide bonds. The molecular formula is C26H26FN7O3S. The van der Waals surface area contributed by atoms with Crippen molar-refractivity contribution in [3.63, 3.8) is 0 Å². The number of piperazine rings is 1. The van der Waals surface area contributed by atoms with Gasteiger partial charge in [-0.2, -0.15) is 0 Å². The molecule has 1 saturated heterocycles. The van der Waals surface area contributed by atoms with Crippen molar-refractivity contribution in [2.45, 2.75) is 6.92 Å². The van der Waals surface area contributed by atoms with Gasteiger partial charge in [0.25, 0.3) is 0 Å². The SMILES string of the molecule is CCNC(=O)Nc1nc2c(F)c(-c3ccc(N4CCN(CC(=O)O)CC4)nc3)cc(-c3ccccn3)c2s1. The van der Waals surface area contributed by atoms with Crippen LogP contribution in [0.25, 0.3) is 32.6 Å². The number of carbonyl (C=O) groups is 2. The van der Waals surface area contributed by atoms with Gasteiger partial charge in [0, 0.05) is 61.8 Å². The van der Waals surface area contributed by atoms with Gasteiger partial charge in [-0.25, -0.2) is 19.2 Å². The zero-order valence-electron chi connectivity index (χ0n) is 20.6. The van der Waals surface area contributed by atoms with Crippen molar-refractivity contribution in [3.8, 4) is 22.4 Å². The first-order valence-corrected chi connectivity index (χ1v) is 13.0. The normalized spacial score (nSPS) is 14.0. The minimum atomic E-state index is -0.836. The number of carboxylic acids is 1. The van der Waals surface area contributed by atoms with Gasteiger partial charge in [0.15, 0.2) is 10.9 Å². The lowest BCUT2D eigenvalue weighted by Gasteiger charge is -2.34. The minimum absolute atomic E-state index is 0.0255. The van der Waals surface area contributed by atoms with E-state index in [9.17, 15) is 9.59 Å². The van der Waals surface area contributed by atoms with Crippen LogP contribution in [-0.4, -0.2) is 76.2 Å². The summed E-state index contributed by atoms with van der Waals surface area (Å²) < 4.78 is 16.4. The highest BCUT2D eigenvalue weighted by molar-refractivity contribution is 7.22. The highest BCUT2D eigenvalue weighted by Gasteiger charge is 2.22. The molecule has 38 heavy (non-hydrogen) atoms. The third kappa shape index (κ3) is 5.41.